The smallest absolute Gasteiger partial charge is 0.310 e. The van der Waals surface area contributed by atoms with Crippen LogP contribution in [0.4, 0.5) is 0 Å². The predicted octanol–water partition coefficient (Wildman–Crippen LogP) is 3.98. The standard InChI is InChI=1S/C26H30N2O6/c1-15(29)32-18-10-12-25(2)11-9-17-24(31)33-19(14-26(17,3)22(25)21(18)30)23-27-20(28-34-23)13-16-7-5-4-6-8-16/h4-8,17-19,22H,9-14H2,1-3H3. The van der Waals surface area contributed by atoms with Crippen LogP contribution < -0.4 is 0 Å². The number of ketones is 1. The molecule has 2 heterocycles. The maximum atomic E-state index is 13.6. The first-order valence-corrected chi connectivity index (χ1v) is 12.0. The van der Waals surface area contributed by atoms with Crippen molar-refractivity contribution in [2.24, 2.45) is 22.7 Å². The molecule has 1 saturated heterocycles. The molecule has 1 aromatic carbocycles. The maximum Gasteiger partial charge on any atom is 0.310 e. The summed E-state index contributed by atoms with van der Waals surface area (Å²) in [7, 11) is 0. The van der Waals surface area contributed by atoms with Crippen LogP contribution in [0.2, 0.25) is 0 Å². The van der Waals surface area contributed by atoms with Crippen molar-refractivity contribution in [2.45, 2.75) is 71.5 Å². The van der Waals surface area contributed by atoms with Crippen molar-refractivity contribution < 1.29 is 28.4 Å². The monoisotopic (exact) mass is 466 g/mol. The van der Waals surface area contributed by atoms with Gasteiger partial charge in [-0.1, -0.05) is 49.3 Å². The first-order valence-electron chi connectivity index (χ1n) is 12.0. The number of nitrogens with zero attached hydrogens (tertiary/aromatic N) is 2. The Labute approximate surface area is 198 Å². The van der Waals surface area contributed by atoms with Crippen LogP contribution in [0.1, 0.15) is 76.3 Å². The fourth-order valence-electron chi connectivity index (χ4n) is 6.69. The number of cyclic esters (lactones) is 1. The van der Waals surface area contributed by atoms with Crippen LogP contribution >= 0.6 is 0 Å². The molecule has 6 atom stereocenters. The van der Waals surface area contributed by atoms with Crippen molar-refractivity contribution in [3.05, 3.63) is 47.6 Å². The van der Waals surface area contributed by atoms with Gasteiger partial charge in [-0.2, -0.15) is 4.98 Å². The van der Waals surface area contributed by atoms with Gasteiger partial charge in [0.25, 0.3) is 5.89 Å². The molecule has 0 spiro atoms. The Balaban J connectivity index is 1.43. The zero-order valence-electron chi connectivity index (χ0n) is 19.8. The van der Waals surface area contributed by atoms with Gasteiger partial charge in [-0.3, -0.25) is 14.4 Å². The van der Waals surface area contributed by atoms with Gasteiger partial charge in [0.05, 0.1) is 5.92 Å². The van der Waals surface area contributed by atoms with Gasteiger partial charge in [-0.25, -0.2) is 0 Å². The summed E-state index contributed by atoms with van der Waals surface area (Å²) in [5, 5.41) is 4.09. The van der Waals surface area contributed by atoms with E-state index < -0.39 is 35.4 Å². The minimum Gasteiger partial charge on any atom is -0.455 e. The lowest BCUT2D eigenvalue weighted by molar-refractivity contribution is -0.203. The van der Waals surface area contributed by atoms with E-state index in [2.05, 4.69) is 17.1 Å². The molecular weight excluding hydrogens is 436 g/mol. The summed E-state index contributed by atoms with van der Waals surface area (Å²) in [5.41, 5.74) is 0.140. The third-order valence-corrected chi connectivity index (χ3v) is 8.18. The molecule has 1 aliphatic heterocycles. The summed E-state index contributed by atoms with van der Waals surface area (Å²) in [4.78, 5) is 42.9. The molecule has 0 N–H and O–H groups in total. The van der Waals surface area contributed by atoms with Crippen LogP contribution in [-0.2, 0) is 30.3 Å². The zero-order chi connectivity index (χ0) is 24.1. The second-order valence-corrected chi connectivity index (χ2v) is 10.6. The van der Waals surface area contributed by atoms with Crippen molar-refractivity contribution in [1.29, 1.82) is 0 Å². The Morgan fingerprint density at radius 1 is 1.15 bits per heavy atom. The highest BCUT2D eigenvalue weighted by atomic mass is 16.6. The topological polar surface area (TPSA) is 109 Å². The predicted molar refractivity (Wildman–Crippen MR) is 119 cm³/mol. The number of carbonyl (C=O) groups is 3. The van der Waals surface area contributed by atoms with Crippen LogP contribution in [0, 0.1) is 22.7 Å². The Bertz CT molecular complexity index is 1110. The summed E-state index contributed by atoms with van der Waals surface area (Å²) in [6.07, 6.45) is 2.17. The number of Topliss-reactive ketones (excluding diaryl/α,β-unsaturated/α-hetero) is 1. The number of benzene rings is 1. The fourth-order valence-corrected chi connectivity index (χ4v) is 6.69. The molecule has 5 rings (SSSR count). The largest absolute Gasteiger partial charge is 0.455 e. The van der Waals surface area contributed by atoms with Crippen LogP contribution in [0.3, 0.4) is 0 Å². The highest BCUT2D eigenvalue weighted by molar-refractivity contribution is 5.90. The normalized spacial score (nSPS) is 35.1. The lowest BCUT2D eigenvalue weighted by Crippen LogP contribution is -2.61. The highest BCUT2D eigenvalue weighted by Gasteiger charge is 2.64. The second kappa shape index (κ2) is 8.32. The average molecular weight is 467 g/mol. The lowest BCUT2D eigenvalue weighted by Gasteiger charge is -2.59. The van der Waals surface area contributed by atoms with Gasteiger partial charge in [0.15, 0.2) is 23.8 Å². The van der Waals surface area contributed by atoms with Gasteiger partial charge in [-0.15, -0.1) is 0 Å². The minimum atomic E-state index is -0.761. The number of rotatable bonds is 4. The Kier molecular flexibility index (Phi) is 5.57. The first kappa shape index (κ1) is 22.7. The first-order chi connectivity index (χ1) is 16.2. The third kappa shape index (κ3) is 3.83. The molecule has 8 nitrogen and oxygen atoms in total. The third-order valence-electron chi connectivity index (χ3n) is 8.18. The van der Waals surface area contributed by atoms with Crippen molar-refractivity contribution in [1.82, 2.24) is 10.1 Å². The van der Waals surface area contributed by atoms with Gasteiger partial charge in [-0.05, 0) is 42.1 Å². The van der Waals surface area contributed by atoms with Gasteiger partial charge in [0.2, 0.25) is 0 Å². The molecule has 6 unspecified atom stereocenters. The highest BCUT2D eigenvalue weighted by Crippen LogP contribution is 2.63. The number of hydrogen-bond donors (Lipinski definition) is 0. The van der Waals surface area contributed by atoms with E-state index in [-0.39, 0.29) is 23.1 Å². The molecular formula is C26H30N2O6. The van der Waals surface area contributed by atoms with Crippen molar-refractivity contribution in [2.75, 3.05) is 0 Å². The van der Waals surface area contributed by atoms with Gasteiger partial charge >= 0.3 is 11.9 Å². The van der Waals surface area contributed by atoms with E-state index in [0.717, 1.165) is 18.4 Å². The summed E-state index contributed by atoms with van der Waals surface area (Å²) in [6.45, 7) is 5.45. The number of hydrogen-bond acceptors (Lipinski definition) is 8. The molecule has 34 heavy (non-hydrogen) atoms. The molecule has 3 aliphatic rings. The number of aromatic nitrogens is 2. The van der Waals surface area contributed by atoms with Crippen LogP contribution in [0.25, 0.3) is 0 Å². The molecule has 3 fully saturated rings. The summed E-state index contributed by atoms with van der Waals surface area (Å²) < 4.78 is 16.7. The van der Waals surface area contributed by atoms with Crippen LogP contribution in [0.5, 0.6) is 0 Å². The molecule has 180 valence electrons. The van der Waals surface area contributed by atoms with E-state index in [1.807, 2.05) is 37.3 Å². The quantitative estimate of drug-likeness (QED) is 0.623. The van der Waals surface area contributed by atoms with Crippen LogP contribution in [0.15, 0.2) is 34.9 Å². The lowest BCUT2D eigenvalue weighted by atomic mass is 9.45. The molecule has 0 amide bonds. The summed E-state index contributed by atoms with van der Waals surface area (Å²) >= 11 is 0. The van der Waals surface area contributed by atoms with Crippen LogP contribution in [-0.4, -0.2) is 34.0 Å². The molecule has 0 bridgehead atoms. The number of carbonyl (C=O) groups excluding carboxylic acids is 3. The van der Waals surface area contributed by atoms with E-state index in [4.69, 9.17) is 14.0 Å². The summed E-state index contributed by atoms with van der Waals surface area (Å²) in [5.74, 6) is -0.914. The van der Waals surface area contributed by atoms with Gasteiger partial charge in [0.1, 0.15) is 0 Å². The van der Waals surface area contributed by atoms with Crippen molar-refractivity contribution in [3.8, 4) is 0 Å². The average Bonchev–Trinajstić information content (AvgIpc) is 3.24. The molecule has 2 saturated carbocycles. The molecule has 2 aliphatic carbocycles. The minimum absolute atomic E-state index is 0.0834. The molecule has 2 aromatic rings. The van der Waals surface area contributed by atoms with E-state index >= 15 is 0 Å². The SMILES string of the molecule is CC(=O)OC1CCC2(C)CCC3C(=O)OC(c4nc(Cc5ccccc5)no4)CC3(C)C2C1=O. The Morgan fingerprint density at radius 3 is 2.62 bits per heavy atom. The van der Waals surface area contributed by atoms with E-state index in [0.29, 0.717) is 31.5 Å². The Hall–Kier alpha value is -3.03. The van der Waals surface area contributed by atoms with Gasteiger partial charge < -0.3 is 14.0 Å². The summed E-state index contributed by atoms with van der Waals surface area (Å²) in [6, 6.07) is 9.81. The van der Waals surface area contributed by atoms with Gasteiger partial charge in [0, 0.05) is 25.7 Å². The van der Waals surface area contributed by atoms with Crippen molar-refractivity contribution in [3.63, 3.8) is 0 Å². The number of ether oxygens (including phenoxy) is 2. The van der Waals surface area contributed by atoms with E-state index in [1.54, 1.807) is 0 Å². The molecule has 8 heteroatoms. The number of fused-ring (bicyclic) bond motifs is 3. The van der Waals surface area contributed by atoms with E-state index in [9.17, 15) is 14.4 Å². The fraction of sp³-hybridized carbons (Fsp3) is 0.577. The molecule has 1 aromatic heterocycles. The van der Waals surface area contributed by atoms with E-state index in [1.165, 1.54) is 6.92 Å². The Morgan fingerprint density at radius 2 is 1.88 bits per heavy atom. The number of esters is 2. The van der Waals surface area contributed by atoms with Crippen molar-refractivity contribution >= 4 is 17.7 Å². The molecule has 0 radical (unpaired) electrons. The maximum absolute atomic E-state index is 13.6. The zero-order valence-corrected chi connectivity index (χ0v) is 19.8. The second-order valence-electron chi connectivity index (χ2n) is 10.6.